The number of rotatable bonds is 2. The van der Waals surface area contributed by atoms with Gasteiger partial charge in [-0.1, -0.05) is 30.8 Å². The van der Waals surface area contributed by atoms with Crippen LogP contribution in [0.3, 0.4) is 0 Å². The van der Waals surface area contributed by atoms with Crippen LogP contribution < -0.4 is 0 Å². The van der Waals surface area contributed by atoms with Crippen molar-refractivity contribution in [2.45, 2.75) is 51.5 Å². The number of likely N-dealkylation sites (tertiary alicyclic amines) is 2. The third-order valence-corrected chi connectivity index (χ3v) is 6.72. The lowest BCUT2D eigenvalue weighted by Gasteiger charge is -2.48. The molecular weight excluding hydrogens is 352 g/mol. The van der Waals surface area contributed by atoms with Crippen LogP contribution in [-0.4, -0.2) is 53.9 Å². The quantitative estimate of drug-likeness (QED) is 0.725. The fraction of sp³-hybridized carbons (Fsp3) is 0.565. The zero-order valence-corrected chi connectivity index (χ0v) is 16.8. The van der Waals surface area contributed by atoms with E-state index in [1.54, 1.807) is 11.8 Å². The topological polar surface area (TPSA) is 49.9 Å². The maximum absolute atomic E-state index is 13.4. The van der Waals surface area contributed by atoms with E-state index in [2.05, 4.69) is 17.5 Å². The summed E-state index contributed by atoms with van der Waals surface area (Å²) in [5.41, 5.74) is 1.93. The molecule has 0 saturated carbocycles. The Labute approximate surface area is 167 Å². The van der Waals surface area contributed by atoms with Crippen molar-refractivity contribution in [2.75, 3.05) is 26.2 Å². The molecule has 4 rings (SSSR count). The molecular formula is C23H30N2O3. The van der Waals surface area contributed by atoms with Gasteiger partial charge in [0.2, 0.25) is 0 Å². The molecule has 2 aliphatic heterocycles. The molecule has 1 atom stereocenters. The highest BCUT2D eigenvalue weighted by atomic mass is 16.6. The third-order valence-electron chi connectivity index (χ3n) is 6.72. The Morgan fingerprint density at radius 2 is 1.93 bits per heavy atom. The molecule has 0 aromatic heterocycles. The number of hydrogen-bond acceptors (Lipinski definition) is 4. The van der Waals surface area contributed by atoms with Crippen molar-refractivity contribution in [1.82, 2.24) is 9.80 Å². The van der Waals surface area contributed by atoms with Crippen molar-refractivity contribution in [3.05, 3.63) is 47.7 Å². The highest BCUT2D eigenvalue weighted by Gasteiger charge is 2.46. The van der Waals surface area contributed by atoms with Gasteiger partial charge in [-0.25, -0.2) is 4.79 Å². The Morgan fingerprint density at radius 3 is 2.68 bits per heavy atom. The highest BCUT2D eigenvalue weighted by molar-refractivity contribution is 6.03. The molecule has 150 valence electrons. The summed E-state index contributed by atoms with van der Waals surface area (Å²) >= 11 is 0. The van der Waals surface area contributed by atoms with Gasteiger partial charge in [0, 0.05) is 36.7 Å². The van der Waals surface area contributed by atoms with Crippen LogP contribution in [0.5, 0.6) is 0 Å². The molecule has 1 spiro atoms. The van der Waals surface area contributed by atoms with Crippen LogP contribution in [0.15, 0.2) is 36.6 Å². The van der Waals surface area contributed by atoms with Crippen molar-refractivity contribution in [2.24, 2.45) is 5.41 Å². The number of allylic oxidation sites excluding steroid dienone is 1. The average molecular weight is 383 g/mol. The van der Waals surface area contributed by atoms with Gasteiger partial charge in [-0.3, -0.25) is 9.69 Å². The Balaban J connectivity index is 1.41. The maximum Gasteiger partial charge on any atom is 0.414 e. The fourth-order valence-corrected chi connectivity index (χ4v) is 5.23. The number of ketones is 1. The summed E-state index contributed by atoms with van der Waals surface area (Å²) in [6.45, 7) is 8.66. The lowest BCUT2D eigenvalue weighted by molar-refractivity contribution is 0.0219. The minimum absolute atomic E-state index is 0.220. The summed E-state index contributed by atoms with van der Waals surface area (Å²) in [5.74, 6) is 0.780. The van der Waals surface area contributed by atoms with Crippen LogP contribution >= 0.6 is 0 Å². The van der Waals surface area contributed by atoms with Gasteiger partial charge in [-0.2, -0.15) is 0 Å². The molecule has 2 saturated heterocycles. The normalized spacial score (nSPS) is 26.2. The lowest BCUT2D eigenvalue weighted by atomic mass is 9.66. The predicted molar refractivity (Wildman–Crippen MR) is 108 cm³/mol. The molecule has 0 bridgehead atoms. The summed E-state index contributed by atoms with van der Waals surface area (Å²) in [6, 6.07) is 8.56. The van der Waals surface area contributed by atoms with Crippen LogP contribution in [-0.2, 0) is 11.2 Å². The minimum Gasteiger partial charge on any atom is -0.416 e. The summed E-state index contributed by atoms with van der Waals surface area (Å²) in [4.78, 5) is 29.7. The van der Waals surface area contributed by atoms with Crippen LogP contribution in [0.25, 0.3) is 0 Å². The van der Waals surface area contributed by atoms with E-state index in [4.69, 9.17) is 4.74 Å². The second kappa shape index (κ2) is 7.70. The first-order chi connectivity index (χ1) is 13.5. The number of fused-ring (bicyclic) bond motifs is 1. The predicted octanol–water partition coefficient (Wildman–Crippen LogP) is 4.03. The molecule has 5 nitrogen and oxygen atoms in total. The molecule has 1 aliphatic carbocycles. The minimum atomic E-state index is -0.292. The molecule has 3 aliphatic rings. The Kier molecular flexibility index (Phi) is 5.28. The number of benzene rings is 1. The van der Waals surface area contributed by atoms with Gasteiger partial charge in [-0.15, -0.1) is 0 Å². The van der Waals surface area contributed by atoms with Gasteiger partial charge in [0.05, 0.1) is 5.76 Å². The largest absolute Gasteiger partial charge is 0.416 e. The lowest BCUT2D eigenvalue weighted by Crippen LogP contribution is -2.55. The molecule has 28 heavy (non-hydrogen) atoms. The summed E-state index contributed by atoms with van der Waals surface area (Å²) < 4.78 is 5.14. The van der Waals surface area contributed by atoms with Crippen molar-refractivity contribution in [3.63, 3.8) is 0 Å². The molecule has 1 unspecified atom stereocenters. The molecule has 2 fully saturated rings. The summed E-state index contributed by atoms with van der Waals surface area (Å²) in [6.07, 6.45) is 5.62. The van der Waals surface area contributed by atoms with Gasteiger partial charge >= 0.3 is 6.09 Å². The number of ether oxygens (including phenoxy) is 1. The Morgan fingerprint density at radius 1 is 1.18 bits per heavy atom. The molecule has 1 aromatic carbocycles. The first-order valence-electron chi connectivity index (χ1n) is 10.5. The van der Waals surface area contributed by atoms with E-state index in [9.17, 15) is 9.59 Å². The Bertz CT molecular complexity index is 782. The van der Waals surface area contributed by atoms with E-state index in [1.807, 2.05) is 18.2 Å². The third kappa shape index (κ3) is 3.60. The van der Waals surface area contributed by atoms with Crippen LogP contribution in [0.4, 0.5) is 4.79 Å². The monoisotopic (exact) mass is 382 g/mol. The van der Waals surface area contributed by atoms with Gasteiger partial charge < -0.3 is 9.64 Å². The molecule has 1 aromatic rings. The van der Waals surface area contributed by atoms with Crippen molar-refractivity contribution in [3.8, 4) is 0 Å². The zero-order chi connectivity index (χ0) is 19.7. The van der Waals surface area contributed by atoms with Crippen molar-refractivity contribution in [1.29, 1.82) is 0 Å². The van der Waals surface area contributed by atoms with Crippen LogP contribution in [0.2, 0.25) is 0 Å². The second-order valence-corrected chi connectivity index (χ2v) is 8.63. The van der Waals surface area contributed by atoms with Gasteiger partial charge in [-0.05, 0) is 57.6 Å². The second-order valence-electron chi connectivity index (χ2n) is 8.63. The highest BCUT2D eigenvalue weighted by Crippen LogP contribution is 2.43. The standard InChI is InChI=1S/C23H30N2O3/c1-17(2)28-22(27)24-14-9-19(10-15-24)25-13-5-11-23(16-25)12-8-18-6-3-4-7-20(18)21(23)26/h3-4,6-7,19H,1,5,8-16H2,2H3. The Hall–Kier alpha value is -2.14. The number of carbonyl (C=O) groups excluding carboxylic acids is 2. The summed E-state index contributed by atoms with van der Waals surface area (Å²) in [7, 11) is 0. The molecule has 0 radical (unpaired) electrons. The number of amides is 1. The van der Waals surface area contributed by atoms with Crippen molar-refractivity contribution >= 4 is 11.9 Å². The maximum atomic E-state index is 13.4. The van der Waals surface area contributed by atoms with Crippen molar-refractivity contribution < 1.29 is 14.3 Å². The van der Waals surface area contributed by atoms with Gasteiger partial charge in [0.15, 0.2) is 5.78 Å². The van der Waals surface area contributed by atoms with Crippen LogP contribution in [0.1, 0.15) is 54.9 Å². The van der Waals surface area contributed by atoms with E-state index in [-0.39, 0.29) is 11.5 Å². The molecule has 2 heterocycles. The van der Waals surface area contributed by atoms with E-state index >= 15 is 0 Å². The zero-order valence-electron chi connectivity index (χ0n) is 16.8. The molecule has 5 heteroatoms. The van der Waals surface area contributed by atoms with Gasteiger partial charge in [0.25, 0.3) is 0 Å². The van der Waals surface area contributed by atoms with Crippen LogP contribution in [0, 0.1) is 5.41 Å². The number of Topliss-reactive ketones (excluding diaryl/α,β-unsaturated/α-hetero) is 1. The van der Waals surface area contributed by atoms with E-state index in [0.29, 0.717) is 30.7 Å². The SMILES string of the molecule is C=C(C)OC(=O)N1CCC(N2CCCC3(CCc4ccccc4C3=O)C2)CC1. The smallest absolute Gasteiger partial charge is 0.414 e. The average Bonchev–Trinajstić information content (AvgIpc) is 2.71. The van der Waals surface area contributed by atoms with Gasteiger partial charge in [0.1, 0.15) is 0 Å². The van der Waals surface area contributed by atoms with E-state index < -0.39 is 0 Å². The first kappa shape index (κ1) is 19.2. The summed E-state index contributed by atoms with van der Waals surface area (Å²) in [5, 5.41) is 0. The fourth-order valence-electron chi connectivity index (χ4n) is 5.23. The number of aryl methyl sites for hydroxylation is 1. The number of nitrogens with zero attached hydrogens (tertiary/aromatic N) is 2. The number of piperidine rings is 2. The van der Waals surface area contributed by atoms with E-state index in [1.165, 1.54) is 5.56 Å². The molecule has 1 amide bonds. The number of hydrogen-bond donors (Lipinski definition) is 0. The van der Waals surface area contributed by atoms with E-state index in [0.717, 1.165) is 57.2 Å². The number of carbonyl (C=O) groups is 2. The first-order valence-corrected chi connectivity index (χ1v) is 10.5. The molecule has 0 N–H and O–H groups in total.